The average molecular weight is 277 g/mol. The minimum Gasteiger partial charge on any atom is -0.397 e. The lowest BCUT2D eigenvalue weighted by Gasteiger charge is -2.39. The highest BCUT2D eigenvalue weighted by molar-refractivity contribution is 5.95. The van der Waals surface area contributed by atoms with Gasteiger partial charge in [0.25, 0.3) is 0 Å². The van der Waals surface area contributed by atoms with Gasteiger partial charge < -0.3 is 21.5 Å². The zero-order valence-corrected chi connectivity index (χ0v) is 12.5. The zero-order chi connectivity index (χ0) is 15.1. The normalized spacial score (nSPS) is 15.6. The van der Waals surface area contributed by atoms with Crippen LogP contribution in [0.2, 0.25) is 0 Å². The van der Waals surface area contributed by atoms with Crippen LogP contribution in [-0.2, 0) is 11.2 Å². The predicted molar refractivity (Wildman–Crippen MR) is 81.8 cm³/mol. The zero-order valence-electron chi connectivity index (χ0n) is 12.5. The summed E-state index contributed by atoms with van der Waals surface area (Å²) >= 11 is 0. The molecule has 0 aliphatic carbocycles. The number of nitrogens with two attached hydrogens (primary N) is 1. The Labute approximate surface area is 119 Å². The van der Waals surface area contributed by atoms with Crippen LogP contribution < -0.4 is 16.4 Å². The highest BCUT2D eigenvalue weighted by Gasteiger charge is 2.35. The Balaban J connectivity index is 2.33. The van der Waals surface area contributed by atoms with Crippen LogP contribution in [0.3, 0.4) is 0 Å². The lowest BCUT2D eigenvalue weighted by molar-refractivity contribution is -0.116. The second kappa shape index (κ2) is 4.66. The number of anilines is 3. The number of fused-ring (bicyclic) bond motifs is 1. The molecule has 2 rings (SSSR count). The summed E-state index contributed by atoms with van der Waals surface area (Å²) in [6, 6.07) is 3.73. The molecule has 0 fully saturated rings. The molecule has 5 heteroatoms. The largest absolute Gasteiger partial charge is 0.397 e. The van der Waals surface area contributed by atoms with Crippen LogP contribution in [-0.4, -0.2) is 22.2 Å². The van der Waals surface area contributed by atoms with E-state index in [1.807, 2.05) is 19.9 Å². The van der Waals surface area contributed by atoms with Crippen molar-refractivity contribution in [2.75, 3.05) is 16.4 Å². The van der Waals surface area contributed by atoms with E-state index in [-0.39, 0.29) is 5.91 Å². The summed E-state index contributed by atoms with van der Waals surface area (Å²) in [6.07, 6.45) is 1.20. The van der Waals surface area contributed by atoms with Gasteiger partial charge in [-0.05, 0) is 51.8 Å². The topological polar surface area (TPSA) is 87.4 Å². The van der Waals surface area contributed by atoms with Gasteiger partial charge in [0.2, 0.25) is 5.91 Å². The minimum atomic E-state index is -0.899. The SMILES string of the molecule is CC(C)(O)C(C)(C)Nc1cc2c(cc1N)NC(=O)CC2. The Morgan fingerprint density at radius 1 is 1.25 bits per heavy atom. The number of rotatable bonds is 3. The van der Waals surface area contributed by atoms with Gasteiger partial charge in [-0.1, -0.05) is 0 Å². The van der Waals surface area contributed by atoms with E-state index in [1.165, 1.54) is 0 Å². The van der Waals surface area contributed by atoms with Crippen molar-refractivity contribution < 1.29 is 9.90 Å². The average Bonchev–Trinajstić information content (AvgIpc) is 2.28. The van der Waals surface area contributed by atoms with Crippen LogP contribution in [0.4, 0.5) is 17.1 Å². The van der Waals surface area contributed by atoms with E-state index in [4.69, 9.17) is 5.73 Å². The van der Waals surface area contributed by atoms with Gasteiger partial charge in [-0.2, -0.15) is 0 Å². The van der Waals surface area contributed by atoms with E-state index in [2.05, 4.69) is 10.6 Å². The molecule has 0 aromatic heterocycles. The van der Waals surface area contributed by atoms with Gasteiger partial charge in [0.1, 0.15) is 0 Å². The summed E-state index contributed by atoms with van der Waals surface area (Å²) in [5.74, 6) is 0.0226. The summed E-state index contributed by atoms with van der Waals surface area (Å²) < 4.78 is 0. The molecule has 1 aromatic rings. The maximum Gasteiger partial charge on any atom is 0.224 e. The number of carbonyl (C=O) groups is 1. The minimum absolute atomic E-state index is 0.0226. The fourth-order valence-electron chi connectivity index (χ4n) is 2.04. The monoisotopic (exact) mass is 277 g/mol. The van der Waals surface area contributed by atoms with Gasteiger partial charge in [-0.3, -0.25) is 4.79 Å². The quantitative estimate of drug-likeness (QED) is 0.637. The number of benzene rings is 1. The fraction of sp³-hybridized carbons (Fsp3) is 0.533. The van der Waals surface area contributed by atoms with Gasteiger partial charge in [0, 0.05) is 12.1 Å². The standard InChI is InChI=1S/C15H23N3O2/c1-14(2,15(3,4)20)18-12-7-9-5-6-13(19)17-11(9)8-10(12)16/h7-8,18,20H,5-6,16H2,1-4H3,(H,17,19). The molecular formula is C15H23N3O2. The molecule has 1 aromatic carbocycles. The molecule has 0 saturated heterocycles. The van der Waals surface area contributed by atoms with Gasteiger partial charge >= 0.3 is 0 Å². The van der Waals surface area contributed by atoms with Crippen LogP contribution in [0.5, 0.6) is 0 Å². The first-order valence-electron chi connectivity index (χ1n) is 6.83. The predicted octanol–water partition coefficient (Wildman–Crippen LogP) is 2.11. The molecule has 1 aliphatic heterocycles. The van der Waals surface area contributed by atoms with E-state index in [1.54, 1.807) is 19.9 Å². The van der Waals surface area contributed by atoms with Crippen LogP contribution in [0.25, 0.3) is 0 Å². The summed E-state index contributed by atoms with van der Waals surface area (Å²) in [6.45, 7) is 7.37. The van der Waals surface area contributed by atoms with Gasteiger partial charge in [0.05, 0.1) is 22.5 Å². The Morgan fingerprint density at radius 3 is 2.50 bits per heavy atom. The highest BCUT2D eigenvalue weighted by Crippen LogP contribution is 2.34. The lowest BCUT2D eigenvalue weighted by Crippen LogP contribution is -2.51. The van der Waals surface area contributed by atoms with Crippen LogP contribution in [0, 0.1) is 0 Å². The molecular weight excluding hydrogens is 254 g/mol. The molecule has 1 amide bonds. The molecule has 0 spiro atoms. The molecule has 0 bridgehead atoms. The number of carbonyl (C=O) groups excluding carboxylic acids is 1. The number of hydrogen-bond acceptors (Lipinski definition) is 4. The number of hydrogen-bond donors (Lipinski definition) is 4. The molecule has 0 saturated carbocycles. The number of aliphatic hydroxyl groups is 1. The third-order valence-electron chi connectivity index (χ3n) is 4.15. The first-order valence-corrected chi connectivity index (χ1v) is 6.83. The van der Waals surface area contributed by atoms with E-state index in [0.29, 0.717) is 18.5 Å². The van der Waals surface area contributed by atoms with Crippen molar-refractivity contribution in [3.8, 4) is 0 Å². The van der Waals surface area contributed by atoms with Crippen LogP contribution in [0.15, 0.2) is 12.1 Å². The van der Waals surface area contributed by atoms with Crippen LogP contribution in [0.1, 0.15) is 39.7 Å². The molecule has 0 atom stereocenters. The molecule has 5 N–H and O–H groups in total. The Hall–Kier alpha value is -1.75. The molecule has 1 heterocycles. The van der Waals surface area contributed by atoms with Gasteiger partial charge in [0.15, 0.2) is 0 Å². The summed E-state index contributed by atoms with van der Waals surface area (Å²) in [5.41, 5.74) is 7.80. The van der Waals surface area contributed by atoms with Crippen LogP contribution >= 0.6 is 0 Å². The second-order valence-corrected chi connectivity index (χ2v) is 6.45. The van der Waals surface area contributed by atoms with Crippen molar-refractivity contribution in [1.82, 2.24) is 0 Å². The fourth-order valence-corrected chi connectivity index (χ4v) is 2.04. The van der Waals surface area contributed by atoms with Gasteiger partial charge in [-0.15, -0.1) is 0 Å². The first-order chi connectivity index (χ1) is 9.10. The van der Waals surface area contributed by atoms with E-state index in [9.17, 15) is 9.90 Å². The van der Waals surface area contributed by atoms with E-state index >= 15 is 0 Å². The van der Waals surface area contributed by atoms with Crippen molar-refractivity contribution in [2.24, 2.45) is 0 Å². The Bertz CT molecular complexity index is 545. The smallest absolute Gasteiger partial charge is 0.224 e. The maximum atomic E-state index is 11.4. The number of nitrogen functional groups attached to an aromatic ring is 1. The summed E-state index contributed by atoms with van der Waals surface area (Å²) in [5, 5.41) is 16.3. The third kappa shape index (κ3) is 2.72. The van der Waals surface area contributed by atoms with Crippen molar-refractivity contribution >= 4 is 23.0 Å². The third-order valence-corrected chi connectivity index (χ3v) is 4.15. The van der Waals surface area contributed by atoms with Crippen molar-refractivity contribution in [2.45, 2.75) is 51.7 Å². The molecule has 1 aliphatic rings. The second-order valence-electron chi connectivity index (χ2n) is 6.45. The molecule has 20 heavy (non-hydrogen) atoms. The molecule has 110 valence electrons. The maximum absolute atomic E-state index is 11.4. The summed E-state index contributed by atoms with van der Waals surface area (Å²) in [4.78, 5) is 11.4. The number of amides is 1. The first kappa shape index (κ1) is 14.7. The Kier molecular flexibility index (Phi) is 3.42. The number of nitrogens with one attached hydrogen (secondary N) is 2. The number of aryl methyl sites for hydroxylation is 1. The highest BCUT2D eigenvalue weighted by atomic mass is 16.3. The Morgan fingerprint density at radius 2 is 1.90 bits per heavy atom. The molecule has 5 nitrogen and oxygen atoms in total. The van der Waals surface area contributed by atoms with E-state index < -0.39 is 11.1 Å². The molecule has 0 unspecified atom stereocenters. The summed E-state index contributed by atoms with van der Waals surface area (Å²) in [7, 11) is 0. The van der Waals surface area contributed by atoms with E-state index in [0.717, 1.165) is 16.9 Å². The van der Waals surface area contributed by atoms with Crippen molar-refractivity contribution in [1.29, 1.82) is 0 Å². The van der Waals surface area contributed by atoms with Gasteiger partial charge in [-0.25, -0.2) is 0 Å². The van der Waals surface area contributed by atoms with Crippen molar-refractivity contribution in [3.05, 3.63) is 17.7 Å². The van der Waals surface area contributed by atoms with Crippen molar-refractivity contribution in [3.63, 3.8) is 0 Å². The molecule has 0 radical (unpaired) electrons. The lowest BCUT2D eigenvalue weighted by atomic mass is 9.85.